The number of furan rings is 1. The second-order valence-corrected chi connectivity index (χ2v) is 5.72. The largest absolute Gasteiger partial charge is 0.469 e. The minimum atomic E-state index is -0.0486. The summed E-state index contributed by atoms with van der Waals surface area (Å²) >= 11 is 3.47. The molecule has 1 amide bonds. The Hall–Kier alpha value is -1.55. The number of carbonyl (C=O) groups excluding carboxylic acids is 1. The molecule has 0 aliphatic heterocycles. The van der Waals surface area contributed by atoms with E-state index in [4.69, 9.17) is 4.42 Å². The second-order valence-electron chi connectivity index (χ2n) is 4.93. The van der Waals surface area contributed by atoms with E-state index >= 15 is 0 Å². The molecular weight excluding hydrogens is 318 g/mol. The fourth-order valence-corrected chi connectivity index (χ4v) is 2.45. The van der Waals surface area contributed by atoms with Gasteiger partial charge in [-0.2, -0.15) is 0 Å². The van der Waals surface area contributed by atoms with E-state index in [2.05, 4.69) is 21.2 Å². The van der Waals surface area contributed by atoms with Crippen molar-refractivity contribution in [1.82, 2.24) is 5.32 Å². The monoisotopic (exact) mass is 335 g/mol. The number of nitrogens with one attached hydrogen (secondary N) is 1. The van der Waals surface area contributed by atoms with Crippen LogP contribution in [-0.2, 0) is 6.42 Å². The van der Waals surface area contributed by atoms with Gasteiger partial charge < -0.3 is 9.73 Å². The first-order valence-electron chi connectivity index (χ1n) is 6.66. The molecule has 2 rings (SSSR count). The molecule has 106 valence electrons. The van der Waals surface area contributed by atoms with Crippen LogP contribution in [0.5, 0.6) is 0 Å². The zero-order chi connectivity index (χ0) is 14.5. The molecule has 0 aliphatic rings. The SMILES string of the molecule is Cc1cccc(C(=O)NC(C)CCc2ccco2)c1Br. The average molecular weight is 336 g/mol. The van der Waals surface area contributed by atoms with Gasteiger partial charge in [0.25, 0.3) is 5.91 Å². The number of halogens is 1. The van der Waals surface area contributed by atoms with E-state index in [-0.39, 0.29) is 11.9 Å². The molecule has 4 heteroatoms. The van der Waals surface area contributed by atoms with Crippen LogP contribution < -0.4 is 5.32 Å². The summed E-state index contributed by atoms with van der Waals surface area (Å²) in [4.78, 5) is 12.2. The van der Waals surface area contributed by atoms with Crippen LogP contribution in [0.2, 0.25) is 0 Å². The maximum Gasteiger partial charge on any atom is 0.252 e. The van der Waals surface area contributed by atoms with Crippen LogP contribution >= 0.6 is 15.9 Å². The summed E-state index contributed by atoms with van der Waals surface area (Å²) in [5.74, 6) is 0.898. The normalized spacial score (nSPS) is 12.2. The van der Waals surface area contributed by atoms with Crippen molar-refractivity contribution in [3.63, 3.8) is 0 Å². The third-order valence-corrected chi connectivity index (χ3v) is 4.27. The van der Waals surface area contributed by atoms with Crippen LogP contribution in [0, 0.1) is 6.92 Å². The van der Waals surface area contributed by atoms with Crippen molar-refractivity contribution in [2.24, 2.45) is 0 Å². The van der Waals surface area contributed by atoms with E-state index in [0.29, 0.717) is 5.56 Å². The summed E-state index contributed by atoms with van der Waals surface area (Å²) in [6, 6.07) is 9.61. The standard InChI is InChI=1S/C16H18BrNO2/c1-11-5-3-7-14(15(11)17)16(19)18-12(2)8-9-13-6-4-10-20-13/h3-7,10,12H,8-9H2,1-2H3,(H,18,19). The lowest BCUT2D eigenvalue weighted by Crippen LogP contribution is -2.33. The van der Waals surface area contributed by atoms with Crippen LogP contribution in [0.1, 0.15) is 35.0 Å². The van der Waals surface area contributed by atoms with Crippen molar-refractivity contribution in [2.45, 2.75) is 32.7 Å². The summed E-state index contributed by atoms with van der Waals surface area (Å²) in [6.45, 7) is 3.98. The Balaban J connectivity index is 1.92. The predicted molar refractivity (Wildman–Crippen MR) is 82.8 cm³/mol. The summed E-state index contributed by atoms with van der Waals surface area (Å²) < 4.78 is 6.15. The molecule has 0 fully saturated rings. The van der Waals surface area contributed by atoms with Gasteiger partial charge >= 0.3 is 0 Å². The maximum atomic E-state index is 12.2. The highest BCUT2D eigenvalue weighted by atomic mass is 79.9. The lowest BCUT2D eigenvalue weighted by Gasteiger charge is -2.14. The van der Waals surface area contributed by atoms with Crippen molar-refractivity contribution in [3.8, 4) is 0 Å². The van der Waals surface area contributed by atoms with Crippen molar-refractivity contribution >= 4 is 21.8 Å². The highest BCUT2D eigenvalue weighted by Gasteiger charge is 2.14. The molecule has 0 radical (unpaired) electrons. The fourth-order valence-electron chi connectivity index (χ4n) is 2.01. The highest BCUT2D eigenvalue weighted by molar-refractivity contribution is 9.10. The summed E-state index contributed by atoms with van der Waals surface area (Å²) in [6.07, 6.45) is 3.34. The van der Waals surface area contributed by atoms with E-state index in [1.807, 2.05) is 44.2 Å². The Labute approximate surface area is 127 Å². The quantitative estimate of drug-likeness (QED) is 0.893. The molecule has 2 aromatic rings. The van der Waals surface area contributed by atoms with Crippen molar-refractivity contribution in [2.75, 3.05) is 0 Å². The van der Waals surface area contributed by atoms with Crippen molar-refractivity contribution in [1.29, 1.82) is 0 Å². The molecule has 3 nitrogen and oxygen atoms in total. The smallest absolute Gasteiger partial charge is 0.252 e. The van der Waals surface area contributed by atoms with Crippen molar-refractivity contribution in [3.05, 3.63) is 58.0 Å². The number of aryl methyl sites for hydroxylation is 2. The van der Waals surface area contributed by atoms with Gasteiger partial charge in [0.2, 0.25) is 0 Å². The Morgan fingerprint density at radius 2 is 2.15 bits per heavy atom. The second kappa shape index (κ2) is 6.75. The first kappa shape index (κ1) is 14.9. The van der Waals surface area contributed by atoms with Gasteiger partial charge in [0, 0.05) is 16.9 Å². The van der Waals surface area contributed by atoms with E-state index < -0.39 is 0 Å². The van der Waals surface area contributed by atoms with Gasteiger partial charge in [0.1, 0.15) is 5.76 Å². The van der Waals surface area contributed by atoms with Gasteiger partial charge in [0.15, 0.2) is 0 Å². The Kier molecular flexibility index (Phi) is 5.01. The highest BCUT2D eigenvalue weighted by Crippen LogP contribution is 2.21. The third-order valence-electron chi connectivity index (χ3n) is 3.22. The van der Waals surface area contributed by atoms with Gasteiger partial charge in [-0.15, -0.1) is 0 Å². The van der Waals surface area contributed by atoms with Gasteiger partial charge in [-0.05, 0) is 60.0 Å². The Morgan fingerprint density at radius 3 is 2.85 bits per heavy atom. The molecule has 1 heterocycles. The molecule has 0 bridgehead atoms. The van der Waals surface area contributed by atoms with Crippen LogP contribution in [0.25, 0.3) is 0 Å². The zero-order valence-corrected chi connectivity index (χ0v) is 13.2. The van der Waals surface area contributed by atoms with E-state index in [1.165, 1.54) is 0 Å². The summed E-state index contributed by atoms with van der Waals surface area (Å²) in [5, 5.41) is 3.02. The number of amides is 1. The molecule has 1 aromatic heterocycles. The zero-order valence-electron chi connectivity index (χ0n) is 11.7. The molecule has 1 atom stereocenters. The molecular formula is C16H18BrNO2. The maximum absolute atomic E-state index is 12.2. The van der Waals surface area contributed by atoms with Crippen LogP contribution in [0.15, 0.2) is 45.5 Å². The van der Waals surface area contributed by atoms with E-state index in [9.17, 15) is 4.79 Å². The summed E-state index contributed by atoms with van der Waals surface area (Å²) in [5.41, 5.74) is 1.73. The van der Waals surface area contributed by atoms with Gasteiger partial charge in [0.05, 0.1) is 11.8 Å². The Morgan fingerprint density at radius 1 is 1.35 bits per heavy atom. The predicted octanol–water partition coefficient (Wildman–Crippen LogP) is 4.10. The lowest BCUT2D eigenvalue weighted by atomic mass is 10.1. The van der Waals surface area contributed by atoms with Crippen LogP contribution in [-0.4, -0.2) is 11.9 Å². The number of carbonyl (C=O) groups is 1. The lowest BCUT2D eigenvalue weighted by molar-refractivity contribution is 0.0937. The minimum absolute atomic E-state index is 0.0486. The minimum Gasteiger partial charge on any atom is -0.469 e. The van der Waals surface area contributed by atoms with Gasteiger partial charge in [-0.25, -0.2) is 0 Å². The van der Waals surface area contributed by atoms with Gasteiger partial charge in [-0.1, -0.05) is 12.1 Å². The summed E-state index contributed by atoms with van der Waals surface area (Å²) in [7, 11) is 0. The van der Waals surface area contributed by atoms with E-state index in [0.717, 1.165) is 28.6 Å². The molecule has 1 aromatic carbocycles. The molecule has 1 N–H and O–H groups in total. The topological polar surface area (TPSA) is 42.2 Å². The molecule has 20 heavy (non-hydrogen) atoms. The average Bonchev–Trinajstić information content (AvgIpc) is 2.92. The molecule has 0 saturated carbocycles. The molecule has 0 saturated heterocycles. The van der Waals surface area contributed by atoms with E-state index in [1.54, 1.807) is 6.26 Å². The molecule has 0 aliphatic carbocycles. The van der Waals surface area contributed by atoms with Gasteiger partial charge in [-0.3, -0.25) is 4.79 Å². The first-order valence-corrected chi connectivity index (χ1v) is 7.45. The molecule has 0 spiro atoms. The van der Waals surface area contributed by atoms with Crippen LogP contribution in [0.4, 0.5) is 0 Å². The number of rotatable bonds is 5. The number of benzene rings is 1. The molecule has 1 unspecified atom stereocenters. The first-order chi connectivity index (χ1) is 9.58. The van der Waals surface area contributed by atoms with Crippen molar-refractivity contribution < 1.29 is 9.21 Å². The fraction of sp³-hybridized carbons (Fsp3) is 0.312. The van der Waals surface area contributed by atoms with Crippen LogP contribution in [0.3, 0.4) is 0 Å². The number of hydrogen-bond acceptors (Lipinski definition) is 2. The Bertz CT molecular complexity index is 578. The number of hydrogen-bond donors (Lipinski definition) is 1. The third kappa shape index (κ3) is 3.73.